The molecule has 300 valence electrons. The van der Waals surface area contributed by atoms with Gasteiger partial charge in [0.05, 0.1) is 11.0 Å². The first-order valence-corrected chi connectivity index (χ1v) is 20.5. The quantitative estimate of drug-likeness (QED) is 0.180. The third kappa shape index (κ3) is 7.40. The number of aromatic amines is 1. The number of nitrogens with zero attached hydrogens (tertiary/aromatic N) is 6. The van der Waals surface area contributed by atoms with Crippen LogP contribution in [0.15, 0.2) is 119 Å². The van der Waals surface area contributed by atoms with Crippen molar-refractivity contribution in [1.29, 1.82) is 0 Å². The van der Waals surface area contributed by atoms with E-state index < -0.39 is 0 Å². The van der Waals surface area contributed by atoms with Gasteiger partial charge in [0.1, 0.15) is 40.3 Å². The average molecular weight is 789 g/mol. The minimum atomic E-state index is -0.285. The van der Waals surface area contributed by atoms with E-state index in [-0.39, 0.29) is 29.7 Å². The Hall–Kier alpha value is -6.53. The number of rotatable bonds is 6. The summed E-state index contributed by atoms with van der Waals surface area (Å²) in [7, 11) is 3.64. The zero-order chi connectivity index (χ0) is 40.5. The summed E-state index contributed by atoms with van der Waals surface area (Å²) >= 11 is 0. The van der Waals surface area contributed by atoms with Crippen molar-refractivity contribution in [2.75, 3.05) is 26.2 Å². The number of carbonyl (C=O) groups is 1. The van der Waals surface area contributed by atoms with Crippen molar-refractivity contribution in [1.82, 2.24) is 38.9 Å². The number of nitrogens with one attached hydrogen (secondary N) is 2. The van der Waals surface area contributed by atoms with E-state index in [2.05, 4.69) is 33.1 Å². The highest BCUT2D eigenvalue weighted by Gasteiger charge is 2.28. The first-order chi connectivity index (χ1) is 28.9. The molecule has 0 bridgehead atoms. The molecule has 8 aromatic rings. The number of H-pyrrole nitrogens is 1. The Bertz CT molecular complexity index is 2900. The van der Waals surface area contributed by atoms with Crippen molar-refractivity contribution < 1.29 is 9.53 Å². The SMILES string of the molecule is Cn1c(=O)c2[nH]c(C3CCN(C(=O)OCc4ccccc4)CC3)nc2c2ccccc21.Cn1c(=O)c2c(nc(C3CCNCC3)n2Cc2ccccc2)c2ccccc21. The first-order valence-electron chi connectivity index (χ1n) is 20.5. The van der Waals surface area contributed by atoms with E-state index in [1.165, 1.54) is 5.56 Å². The van der Waals surface area contributed by atoms with Crippen LogP contribution in [0, 0.1) is 0 Å². The van der Waals surface area contributed by atoms with E-state index >= 15 is 0 Å². The van der Waals surface area contributed by atoms with Crippen LogP contribution in [0.1, 0.15) is 60.3 Å². The summed E-state index contributed by atoms with van der Waals surface area (Å²) in [6.07, 6.45) is 3.37. The number of para-hydroxylation sites is 2. The molecule has 1 amide bonds. The van der Waals surface area contributed by atoms with Crippen molar-refractivity contribution >= 4 is 50.0 Å². The lowest BCUT2D eigenvalue weighted by atomic mass is 9.96. The van der Waals surface area contributed by atoms with E-state index in [0.29, 0.717) is 31.1 Å². The molecule has 4 aromatic heterocycles. The molecule has 12 heteroatoms. The Morgan fingerprint density at radius 2 is 1.25 bits per heavy atom. The van der Waals surface area contributed by atoms with Crippen molar-refractivity contribution in [3.63, 3.8) is 0 Å². The summed E-state index contributed by atoms with van der Waals surface area (Å²) in [6.45, 7) is 4.15. The minimum Gasteiger partial charge on any atom is -0.445 e. The fourth-order valence-electron chi connectivity index (χ4n) is 8.75. The topological polar surface area (TPSA) is 132 Å². The molecular weight excluding hydrogens is 741 g/mol. The lowest BCUT2D eigenvalue weighted by molar-refractivity contribution is 0.0866. The van der Waals surface area contributed by atoms with Gasteiger partial charge in [-0.25, -0.2) is 14.8 Å². The molecule has 0 saturated carbocycles. The molecule has 10 rings (SSSR count). The van der Waals surface area contributed by atoms with Crippen molar-refractivity contribution in [3.8, 4) is 0 Å². The van der Waals surface area contributed by atoms with Crippen molar-refractivity contribution in [3.05, 3.63) is 153 Å². The number of aromatic nitrogens is 6. The lowest BCUT2D eigenvalue weighted by Crippen LogP contribution is -2.38. The second-order valence-electron chi connectivity index (χ2n) is 15.7. The van der Waals surface area contributed by atoms with Crippen LogP contribution < -0.4 is 16.4 Å². The molecule has 0 radical (unpaired) electrons. The van der Waals surface area contributed by atoms with Crippen LogP contribution in [0.4, 0.5) is 4.79 Å². The Morgan fingerprint density at radius 3 is 1.92 bits per heavy atom. The summed E-state index contributed by atoms with van der Waals surface area (Å²) in [4.78, 5) is 53.5. The molecule has 59 heavy (non-hydrogen) atoms. The highest BCUT2D eigenvalue weighted by Crippen LogP contribution is 2.32. The third-order valence-electron chi connectivity index (χ3n) is 12.0. The fourth-order valence-corrected chi connectivity index (χ4v) is 8.75. The monoisotopic (exact) mass is 788 g/mol. The number of ether oxygens (including phenoxy) is 1. The molecule has 2 aliphatic heterocycles. The summed E-state index contributed by atoms with van der Waals surface area (Å²) in [5, 5.41) is 5.44. The second-order valence-corrected chi connectivity index (χ2v) is 15.7. The number of pyridine rings is 2. The number of fused-ring (bicyclic) bond motifs is 6. The Morgan fingerprint density at radius 1 is 0.678 bits per heavy atom. The number of imidazole rings is 2. The maximum Gasteiger partial charge on any atom is 0.410 e. The van der Waals surface area contributed by atoms with Crippen LogP contribution in [0.2, 0.25) is 0 Å². The molecule has 0 atom stereocenters. The van der Waals surface area contributed by atoms with E-state index in [1.54, 1.807) is 21.1 Å². The Kier molecular flexibility index (Phi) is 10.6. The van der Waals surface area contributed by atoms with Gasteiger partial charge < -0.3 is 33.6 Å². The lowest BCUT2D eigenvalue weighted by Gasteiger charge is -2.30. The van der Waals surface area contributed by atoms with Crippen LogP contribution in [0.5, 0.6) is 0 Å². The molecule has 12 nitrogen and oxygen atoms in total. The zero-order valence-corrected chi connectivity index (χ0v) is 33.4. The standard InChI is InChI=1S/C24H24N4O3.C23H24N4O/c1-27-19-10-6-5-9-18(19)20-21(23(27)29)26-22(25-20)17-11-13-28(14-12-17)24(30)31-15-16-7-3-2-4-8-16;1-26-19-10-6-5-9-18(19)20-21(23(26)28)27(15-16-7-3-2-4-8-16)22(25-20)17-11-13-24-14-12-17/h2-10,17H,11-15H2,1H3,(H,25,26);2-10,17,24H,11-15H2,1H3. The molecule has 0 spiro atoms. The van der Waals surface area contributed by atoms with Crippen LogP contribution >= 0.6 is 0 Å². The molecular formula is C47H48N8O4. The largest absolute Gasteiger partial charge is 0.445 e. The van der Waals surface area contributed by atoms with Crippen LogP contribution in [-0.4, -0.2) is 65.8 Å². The number of hydrogen-bond donors (Lipinski definition) is 2. The van der Waals surface area contributed by atoms with Crippen LogP contribution in [0.3, 0.4) is 0 Å². The molecule has 2 aliphatic rings. The summed E-state index contributed by atoms with van der Waals surface area (Å²) in [5.74, 6) is 2.42. The number of amides is 1. The van der Waals surface area contributed by atoms with Gasteiger partial charge in [-0.3, -0.25) is 9.59 Å². The maximum atomic E-state index is 13.3. The number of piperidine rings is 2. The van der Waals surface area contributed by atoms with E-state index in [1.807, 2.05) is 98.0 Å². The van der Waals surface area contributed by atoms with Gasteiger partial charge in [0, 0.05) is 56.3 Å². The first kappa shape index (κ1) is 38.0. The number of aryl methyl sites for hydroxylation is 2. The molecule has 0 aliphatic carbocycles. The Balaban J connectivity index is 0.000000153. The smallest absolute Gasteiger partial charge is 0.410 e. The highest BCUT2D eigenvalue weighted by atomic mass is 16.6. The van der Waals surface area contributed by atoms with Gasteiger partial charge in [-0.1, -0.05) is 97.1 Å². The summed E-state index contributed by atoms with van der Waals surface area (Å²) < 4.78 is 11.0. The van der Waals surface area contributed by atoms with Crippen LogP contribution in [0.25, 0.3) is 43.9 Å². The molecule has 4 aromatic carbocycles. The van der Waals surface area contributed by atoms with Gasteiger partial charge in [0.2, 0.25) is 0 Å². The highest BCUT2D eigenvalue weighted by molar-refractivity contribution is 6.03. The van der Waals surface area contributed by atoms with Crippen molar-refractivity contribution in [2.24, 2.45) is 14.1 Å². The number of hydrogen-bond acceptors (Lipinski definition) is 7. The normalized spacial score (nSPS) is 15.2. The van der Waals surface area contributed by atoms with E-state index in [9.17, 15) is 14.4 Å². The molecule has 0 unspecified atom stereocenters. The zero-order valence-electron chi connectivity index (χ0n) is 33.4. The summed E-state index contributed by atoms with van der Waals surface area (Å²) in [6, 6.07) is 35.9. The predicted octanol–water partition coefficient (Wildman–Crippen LogP) is 7.33. The number of benzene rings is 4. The van der Waals surface area contributed by atoms with Gasteiger partial charge in [0.25, 0.3) is 11.1 Å². The van der Waals surface area contributed by atoms with Gasteiger partial charge in [-0.2, -0.15) is 0 Å². The third-order valence-corrected chi connectivity index (χ3v) is 12.0. The van der Waals surface area contributed by atoms with Gasteiger partial charge in [0.15, 0.2) is 0 Å². The number of carbonyl (C=O) groups excluding carboxylic acids is 1. The minimum absolute atomic E-state index is 0.0253. The van der Waals surface area contributed by atoms with E-state index in [0.717, 1.165) is 94.3 Å². The van der Waals surface area contributed by atoms with Gasteiger partial charge in [-0.15, -0.1) is 0 Å². The Labute approximate surface area is 341 Å². The van der Waals surface area contributed by atoms with Gasteiger partial charge >= 0.3 is 6.09 Å². The fraction of sp³-hybridized carbons (Fsp3) is 0.298. The maximum absolute atomic E-state index is 13.3. The molecule has 2 saturated heterocycles. The van der Waals surface area contributed by atoms with Crippen molar-refractivity contribution in [2.45, 2.75) is 50.7 Å². The average Bonchev–Trinajstić information content (AvgIpc) is 3.91. The second kappa shape index (κ2) is 16.4. The molecule has 2 fully saturated rings. The summed E-state index contributed by atoms with van der Waals surface area (Å²) in [5.41, 5.74) is 6.73. The van der Waals surface area contributed by atoms with E-state index in [4.69, 9.17) is 14.7 Å². The number of likely N-dealkylation sites (tertiary alicyclic amines) is 1. The van der Waals surface area contributed by atoms with Gasteiger partial charge in [-0.05, 0) is 62.0 Å². The molecule has 6 heterocycles. The predicted molar refractivity (Wildman–Crippen MR) is 232 cm³/mol. The molecule has 2 N–H and O–H groups in total. The van der Waals surface area contributed by atoms with Crippen LogP contribution in [-0.2, 0) is 32.0 Å².